The van der Waals surface area contributed by atoms with Crippen molar-refractivity contribution in [3.05, 3.63) is 59.4 Å². The first-order valence-electron chi connectivity index (χ1n) is 9.92. The molecule has 5 nitrogen and oxygen atoms in total. The Balaban J connectivity index is 2.00. The summed E-state index contributed by atoms with van der Waals surface area (Å²) in [6.45, 7) is 7.55. The SMILES string of the molecule is CCc1cccc(C)c1N(CCOC)C(=O)Cn1c(CC)nc2ccccc21. The van der Waals surface area contributed by atoms with Crippen LogP contribution < -0.4 is 4.90 Å². The molecule has 0 radical (unpaired) electrons. The van der Waals surface area contributed by atoms with Crippen LogP contribution in [0.25, 0.3) is 11.0 Å². The Kier molecular flexibility index (Phi) is 6.47. The molecule has 0 spiro atoms. The van der Waals surface area contributed by atoms with Gasteiger partial charge in [-0.25, -0.2) is 4.98 Å². The van der Waals surface area contributed by atoms with Gasteiger partial charge >= 0.3 is 0 Å². The average molecular weight is 380 g/mol. The van der Waals surface area contributed by atoms with E-state index >= 15 is 0 Å². The van der Waals surface area contributed by atoms with Crippen LogP contribution in [0.15, 0.2) is 42.5 Å². The lowest BCUT2D eigenvalue weighted by Gasteiger charge is -2.27. The number of benzene rings is 2. The van der Waals surface area contributed by atoms with Crippen molar-refractivity contribution < 1.29 is 9.53 Å². The molecule has 0 saturated carbocycles. The second kappa shape index (κ2) is 9.02. The minimum Gasteiger partial charge on any atom is -0.383 e. The lowest BCUT2D eigenvalue weighted by Crippen LogP contribution is -2.37. The number of methoxy groups -OCH3 is 1. The molecule has 0 aliphatic heterocycles. The maximum atomic E-state index is 13.5. The van der Waals surface area contributed by atoms with E-state index in [-0.39, 0.29) is 12.5 Å². The van der Waals surface area contributed by atoms with Crippen molar-refractivity contribution >= 4 is 22.6 Å². The van der Waals surface area contributed by atoms with Crippen LogP contribution in [0.5, 0.6) is 0 Å². The van der Waals surface area contributed by atoms with Crippen molar-refractivity contribution in [2.75, 3.05) is 25.2 Å². The van der Waals surface area contributed by atoms with Crippen LogP contribution in [0.2, 0.25) is 0 Å². The Morgan fingerprint density at radius 1 is 1.11 bits per heavy atom. The molecule has 0 aliphatic rings. The zero-order chi connectivity index (χ0) is 20.1. The van der Waals surface area contributed by atoms with Gasteiger partial charge in [-0.2, -0.15) is 0 Å². The maximum Gasteiger partial charge on any atom is 0.247 e. The molecule has 1 heterocycles. The van der Waals surface area contributed by atoms with Crippen LogP contribution in [-0.2, 0) is 28.9 Å². The molecular weight excluding hydrogens is 350 g/mol. The summed E-state index contributed by atoms with van der Waals surface area (Å²) >= 11 is 0. The summed E-state index contributed by atoms with van der Waals surface area (Å²) in [6.07, 6.45) is 1.66. The van der Waals surface area contributed by atoms with Gasteiger partial charge in [-0.3, -0.25) is 4.79 Å². The monoisotopic (exact) mass is 379 g/mol. The third kappa shape index (κ3) is 3.94. The second-order valence-electron chi connectivity index (χ2n) is 6.93. The summed E-state index contributed by atoms with van der Waals surface area (Å²) in [5.41, 5.74) is 5.22. The van der Waals surface area contributed by atoms with E-state index in [1.54, 1.807) is 7.11 Å². The lowest BCUT2D eigenvalue weighted by atomic mass is 10.0. The van der Waals surface area contributed by atoms with Gasteiger partial charge in [0, 0.05) is 25.8 Å². The van der Waals surface area contributed by atoms with E-state index in [4.69, 9.17) is 9.72 Å². The van der Waals surface area contributed by atoms with Gasteiger partial charge in [0.05, 0.1) is 17.6 Å². The normalized spacial score (nSPS) is 11.1. The van der Waals surface area contributed by atoms with Gasteiger partial charge < -0.3 is 14.2 Å². The number of carbonyl (C=O) groups excluding carboxylic acids is 1. The van der Waals surface area contributed by atoms with E-state index in [2.05, 4.69) is 39.0 Å². The van der Waals surface area contributed by atoms with Crippen LogP contribution >= 0.6 is 0 Å². The number of hydrogen-bond donors (Lipinski definition) is 0. The van der Waals surface area contributed by atoms with Gasteiger partial charge in [-0.1, -0.05) is 44.2 Å². The summed E-state index contributed by atoms with van der Waals surface area (Å²) in [6, 6.07) is 14.2. The van der Waals surface area contributed by atoms with Crippen molar-refractivity contribution in [3.63, 3.8) is 0 Å². The fourth-order valence-corrected chi connectivity index (χ4v) is 3.73. The number of fused-ring (bicyclic) bond motifs is 1. The molecule has 148 valence electrons. The van der Waals surface area contributed by atoms with E-state index < -0.39 is 0 Å². The van der Waals surface area contributed by atoms with Crippen LogP contribution in [-0.4, -0.2) is 35.7 Å². The fourth-order valence-electron chi connectivity index (χ4n) is 3.73. The summed E-state index contributed by atoms with van der Waals surface area (Å²) < 4.78 is 7.34. The number of hydrogen-bond acceptors (Lipinski definition) is 3. The fraction of sp³-hybridized carbons (Fsp3) is 0.391. The molecule has 2 aromatic carbocycles. The molecule has 3 aromatic rings. The molecule has 0 fully saturated rings. The van der Waals surface area contributed by atoms with E-state index in [1.165, 1.54) is 5.56 Å². The molecule has 3 rings (SSSR count). The Hall–Kier alpha value is -2.66. The molecule has 1 aromatic heterocycles. The molecule has 0 unspecified atom stereocenters. The molecular formula is C23H29N3O2. The zero-order valence-electron chi connectivity index (χ0n) is 17.2. The van der Waals surface area contributed by atoms with Crippen molar-refractivity contribution in [1.82, 2.24) is 9.55 Å². The Morgan fingerprint density at radius 2 is 1.89 bits per heavy atom. The summed E-state index contributed by atoms with van der Waals surface area (Å²) in [7, 11) is 1.67. The highest BCUT2D eigenvalue weighted by Crippen LogP contribution is 2.27. The predicted molar refractivity (Wildman–Crippen MR) is 114 cm³/mol. The quantitative estimate of drug-likeness (QED) is 0.591. The van der Waals surface area contributed by atoms with Crippen molar-refractivity contribution in [1.29, 1.82) is 0 Å². The Labute approximate surface area is 166 Å². The van der Waals surface area contributed by atoms with Gasteiger partial charge in [0.1, 0.15) is 12.4 Å². The lowest BCUT2D eigenvalue weighted by molar-refractivity contribution is -0.119. The van der Waals surface area contributed by atoms with Crippen LogP contribution in [0.4, 0.5) is 5.69 Å². The molecule has 0 aliphatic carbocycles. The minimum atomic E-state index is 0.0545. The molecule has 0 bridgehead atoms. The van der Waals surface area contributed by atoms with E-state index in [0.29, 0.717) is 13.2 Å². The smallest absolute Gasteiger partial charge is 0.247 e. The number of anilines is 1. The topological polar surface area (TPSA) is 47.4 Å². The third-order valence-electron chi connectivity index (χ3n) is 5.14. The molecule has 1 amide bonds. The number of nitrogens with zero attached hydrogens (tertiary/aromatic N) is 3. The van der Waals surface area contributed by atoms with Gasteiger partial charge in [-0.15, -0.1) is 0 Å². The number of carbonyl (C=O) groups is 1. The highest BCUT2D eigenvalue weighted by Gasteiger charge is 2.22. The van der Waals surface area contributed by atoms with Gasteiger partial charge in [0.15, 0.2) is 0 Å². The van der Waals surface area contributed by atoms with Crippen LogP contribution in [0, 0.1) is 6.92 Å². The van der Waals surface area contributed by atoms with Gasteiger partial charge in [0.25, 0.3) is 0 Å². The number of amides is 1. The zero-order valence-corrected chi connectivity index (χ0v) is 17.2. The van der Waals surface area contributed by atoms with Crippen LogP contribution in [0.3, 0.4) is 0 Å². The molecule has 28 heavy (non-hydrogen) atoms. The minimum absolute atomic E-state index is 0.0545. The molecule has 5 heteroatoms. The van der Waals surface area contributed by atoms with E-state index in [9.17, 15) is 4.79 Å². The van der Waals surface area contributed by atoms with Gasteiger partial charge in [0.2, 0.25) is 5.91 Å². The highest BCUT2D eigenvalue weighted by molar-refractivity contribution is 5.95. The van der Waals surface area contributed by atoms with Crippen LogP contribution in [0.1, 0.15) is 30.8 Å². The number of para-hydroxylation sites is 3. The van der Waals surface area contributed by atoms with E-state index in [1.807, 2.05) is 33.7 Å². The number of aromatic nitrogens is 2. The molecule has 0 N–H and O–H groups in total. The number of ether oxygens (including phenoxy) is 1. The maximum absolute atomic E-state index is 13.5. The summed E-state index contributed by atoms with van der Waals surface area (Å²) in [4.78, 5) is 20.0. The molecule has 0 atom stereocenters. The van der Waals surface area contributed by atoms with Crippen molar-refractivity contribution in [2.24, 2.45) is 0 Å². The number of aryl methyl sites for hydroxylation is 3. The van der Waals surface area contributed by atoms with E-state index in [0.717, 1.165) is 41.0 Å². The Bertz CT molecular complexity index is 962. The van der Waals surface area contributed by atoms with Gasteiger partial charge in [-0.05, 0) is 36.6 Å². The first-order chi connectivity index (χ1) is 13.6. The number of rotatable bonds is 8. The summed E-state index contributed by atoms with van der Waals surface area (Å²) in [5, 5.41) is 0. The highest BCUT2D eigenvalue weighted by atomic mass is 16.5. The third-order valence-corrected chi connectivity index (χ3v) is 5.14. The molecule has 0 saturated heterocycles. The van der Waals surface area contributed by atoms with Crippen molar-refractivity contribution in [2.45, 2.75) is 40.2 Å². The second-order valence-corrected chi connectivity index (χ2v) is 6.93. The largest absolute Gasteiger partial charge is 0.383 e. The summed E-state index contributed by atoms with van der Waals surface area (Å²) in [5.74, 6) is 0.987. The standard InChI is InChI=1S/C23H29N3O2/c1-5-18-11-9-10-17(3)23(18)25(14-15-28-4)22(27)16-26-20-13-8-7-12-19(20)24-21(26)6-2/h7-13H,5-6,14-16H2,1-4H3. The Morgan fingerprint density at radius 3 is 2.61 bits per heavy atom. The number of imidazole rings is 1. The van der Waals surface area contributed by atoms with Crippen molar-refractivity contribution in [3.8, 4) is 0 Å². The predicted octanol–water partition coefficient (Wildman–Crippen LogP) is 4.15. The first-order valence-corrected chi connectivity index (χ1v) is 9.92. The average Bonchev–Trinajstić information content (AvgIpc) is 3.06. The first kappa shape index (κ1) is 20.1.